The third-order valence-electron chi connectivity index (χ3n) is 10.1. The molecule has 3 N–H and O–H groups in total. The summed E-state index contributed by atoms with van der Waals surface area (Å²) in [6.07, 6.45) is -0.249. The molecule has 57 heavy (non-hydrogen) atoms. The number of alkyl halides is 4. The molecule has 0 unspecified atom stereocenters. The lowest BCUT2D eigenvalue weighted by Crippen LogP contribution is -2.68. The van der Waals surface area contributed by atoms with Crippen LogP contribution in [0.15, 0.2) is 124 Å². The largest absolute Gasteiger partial charge is 0.501 e. The van der Waals surface area contributed by atoms with Gasteiger partial charge in [-0.25, -0.2) is 26.4 Å². The maximum absolute atomic E-state index is 15.0. The van der Waals surface area contributed by atoms with Crippen LogP contribution >= 0.6 is 11.8 Å². The third kappa shape index (κ3) is 11.1. The number of sulfone groups is 1. The fourth-order valence-electron chi connectivity index (χ4n) is 7.16. The van der Waals surface area contributed by atoms with E-state index in [1.165, 1.54) is 11.8 Å². The molecule has 0 aliphatic carbocycles. The summed E-state index contributed by atoms with van der Waals surface area (Å²) < 4.78 is 113. The molecule has 0 amide bonds. The zero-order valence-electron chi connectivity index (χ0n) is 32.2. The van der Waals surface area contributed by atoms with E-state index < -0.39 is 62.3 Å². The number of nitrogens with two attached hydrogens (primary N) is 1. The Hall–Kier alpha value is -3.29. The van der Waals surface area contributed by atoms with Crippen LogP contribution in [0, 0.1) is 0 Å². The summed E-state index contributed by atoms with van der Waals surface area (Å²) in [5.41, 5.74) is -6.05. The van der Waals surface area contributed by atoms with Crippen LogP contribution in [0.4, 0.5) is 23.2 Å². The van der Waals surface area contributed by atoms with Gasteiger partial charge in [-0.15, -0.1) is 11.8 Å². The first kappa shape index (κ1) is 44.8. The highest BCUT2D eigenvalue weighted by Gasteiger charge is 2.52. The van der Waals surface area contributed by atoms with Gasteiger partial charge in [0.2, 0.25) is 10.0 Å². The molecule has 1 aliphatic rings. The predicted molar refractivity (Wildman–Crippen MR) is 222 cm³/mol. The average molecular weight is 867 g/mol. The molecule has 0 aromatic heterocycles. The lowest BCUT2D eigenvalue weighted by molar-refractivity contribution is -0.0435. The van der Waals surface area contributed by atoms with Gasteiger partial charge in [-0.3, -0.25) is 4.90 Å². The normalized spacial score (nSPS) is 16.3. The number of benzene rings is 4. The minimum Gasteiger partial charge on any atom is -0.400 e. The zero-order chi connectivity index (χ0) is 41.5. The molecule has 5 rings (SSSR count). The van der Waals surface area contributed by atoms with E-state index in [1.807, 2.05) is 66.7 Å². The Morgan fingerprint density at radius 2 is 1.33 bits per heavy atom. The second-order valence-corrected chi connectivity index (χ2v) is 23.9. The topological polar surface area (TPSA) is 122 Å². The first-order valence-electron chi connectivity index (χ1n) is 18.6. The summed E-state index contributed by atoms with van der Waals surface area (Å²) in [6.45, 7) is 9.32. The molecule has 9 nitrogen and oxygen atoms in total. The van der Waals surface area contributed by atoms with Crippen molar-refractivity contribution >= 4 is 56.0 Å². The summed E-state index contributed by atoms with van der Waals surface area (Å²) in [4.78, 5) is 3.35. The fourth-order valence-corrected chi connectivity index (χ4v) is 14.4. The van der Waals surface area contributed by atoms with Gasteiger partial charge in [0.1, 0.15) is 11.6 Å². The second kappa shape index (κ2) is 18.7. The Morgan fingerprint density at radius 1 is 0.807 bits per heavy atom. The molecule has 1 fully saturated rings. The van der Waals surface area contributed by atoms with Crippen molar-refractivity contribution in [3.63, 3.8) is 0 Å². The quantitative estimate of drug-likeness (QED) is 0.0735. The zero-order valence-corrected chi connectivity index (χ0v) is 35.6. The fraction of sp³-hybridized carbons (Fsp3) is 0.400. The minimum atomic E-state index is -5.95. The van der Waals surface area contributed by atoms with Gasteiger partial charge in [0.25, 0.3) is 18.2 Å². The third-order valence-corrected chi connectivity index (χ3v) is 18.8. The first-order chi connectivity index (χ1) is 26.8. The predicted octanol–water partition coefficient (Wildman–Crippen LogP) is 6.12. The van der Waals surface area contributed by atoms with E-state index in [9.17, 15) is 34.4 Å². The van der Waals surface area contributed by atoms with E-state index in [0.29, 0.717) is 57.5 Å². The van der Waals surface area contributed by atoms with Crippen LogP contribution in [-0.2, 0) is 24.3 Å². The molecule has 4 aromatic rings. The molecule has 1 heterocycles. The molecule has 0 spiro atoms. The Labute approximate surface area is 339 Å². The number of thioether (sulfide) groups is 1. The molecule has 0 saturated carbocycles. The monoisotopic (exact) mass is 866 g/mol. The van der Waals surface area contributed by atoms with Crippen LogP contribution in [-0.4, -0.2) is 104 Å². The van der Waals surface area contributed by atoms with E-state index in [1.54, 1.807) is 0 Å². The second-order valence-electron chi connectivity index (χ2n) is 15.1. The molecule has 17 heteroatoms. The van der Waals surface area contributed by atoms with Crippen molar-refractivity contribution in [3.8, 4) is 0 Å². The molecular formula is C40H50F4N4O5S3Si. The van der Waals surface area contributed by atoms with E-state index >= 15 is 0 Å². The molecule has 1 aliphatic heterocycles. The number of halogens is 4. The maximum atomic E-state index is 15.0. The Balaban J connectivity index is 1.29. The van der Waals surface area contributed by atoms with Crippen molar-refractivity contribution in [2.75, 3.05) is 57.0 Å². The number of piperazine rings is 1. The number of hydrogen-bond donors (Lipinski definition) is 2. The number of hydrogen-bond acceptors (Lipinski definition) is 9. The van der Waals surface area contributed by atoms with E-state index in [2.05, 4.69) is 60.2 Å². The van der Waals surface area contributed by atoms with E-state index in [-0.39, 0.29) is 10.7 Å². The smallest absolute Gasteiger partial charge is 0.400 e. The molecule has 0 bridgehead atoms. The molecule has 310 valence electrons. The van der Waals surface area contributed by atoms with Gasteiger partial charge in [-0.2, -0.15) is 13.2 Å². The summed E-state index contributed by atoms with van der Waals surface area (Å²) >= 11 is 1.45. The SMILES string of the molecule is CC(C)(C)[Si](O[C@@H](CF)CN1CCN(CC[C@H](CSc2ccccc2)Nc2ccc(S(N)(=O)=O)cc2S(=O)(=O)C(F)(F)F)CC1)(c1ccccc1)c1ccccc1. The van der Waals surface area contributed by atoms with Gasteiger partial charge in [0.15, 0.2) is 0 Å². The van der Waals surface area contributed by atoms with Crippen molar-refractivity contribution < 1.29 is 38.8 Å². The van der Waals surface area contributed by atoms with Crippen LogP contribution in [0.5, 0.6) is 0 Å². The molecule has 2 atom stereocenters. The van der Waals surface area contributed by atoms with Gasteiger partial charge in [0, 0.05) is 56.0 Å². The average Bonchev–Trinajstić information content (AvgIpc) is 3.17. The molecule has 4 aromatic carbocycles. The van der Waals surface area contributed by atoms with Gasteiger partial charge in [0.05, 0.1) is 16.7 Å². The van der Waals surface area contributed by atoms with E-state index in [0.717, 1.165) is 27.4 Å². The van der Waals surface area contributed by atoms with Gasteiger partial charge in [-0.05, 0) is 52.2 Å². The number of sulfonamides is 1. The van der Waals surface area contributed by atoms with Crippen LogP contribution in [0.3, 0.4) is 0 Å². The number of rotatable bonds is 17. The van der Waals surface area contributed by atoms with Crippen LogP contribution in [0.2, 0.25) is 5.04 Å². The lowest BCUT2D eigenvalue weighted by Gasteiger charge is -2.46. The minimum absolute atomic E-state index is 0.312. The van der Waals surface area contributed by atoms with Crippen LogP contribution in [0.1, 0.15) is 27.2 Å². The summed E-state index contributed by atoms with van der Waals surface area (Å²) in [7, 11) is -13.4. The summed E-state index contributed by atoms with van der Waals surface area (Å²) in [5, 5.41) is 9.97. The summed E-state index contributed by atoms with van der Waals surface area (Å²) in [5.74, 6) is 0.365. The maximum Gasteiger partial charge on any atom is 0.501 e. The number of nitrogens with zero attached hydrogens (tertiary/aromatic N) is 2. The van der Waals surface area contributed by atoms with Gasteiger partial charge < -0.3 is 14.6 Å². The Morgan fingerprint density at radius 3 is 1.82 bits per heavy atom. The van der Waals surface area contributed by atoms with Crippen molar-refractivity contribution in [2.45, 2.75) is 64.6 Å². The number of anilines is 1. The van der Waals surface area contributed by atoms with Gasteiger partial charge >= 0.3 is 5.51 Å². The van der Waals surface area contributed by atoms with Crippen LogP contribution < -0.4 is 20.8 Å². The number of primary sulfonamides is 1. The highest BCUT2D eigenvalue weighted by molar-refractivity contribution is 7.99. The lowest BCUT2D eigenvalue weighted by atomic mass is 10.2. The van der Waals surface area contributed by atoms with Crippen LogP contribution in [0.25, 0.3) is 0 Å². The van der Waals surface area contributed by atoms with Crippen molar-refractivity contribution in [1.82, 2.24) is 9.80 Å². The van der Waals surface area contributed by atoms with Crippen molar-refractivity contribution in [1.29, 1.82) is 0 Å². The number of nitrogens with one attached hydrogen (secondary N) is 1. The Kier molecular flexibility index (Phi) is 14.7. The molecule has 0 radical (unpaired) electrons. The Bertz CT molecular complexity index is 2080. The highest BCUT2D eigenvalue weighted by atomic mass is 32.2. The first-order valence-corrected chi connectivity index (χ1v) is 24.5. The standard InChI is InChI=1S/C40H50F4N4O5S3Si/c1-39(2,3)57(35-15-9-5-10-16-35,36-17-11-6-12-18-36)53-32(28-41)29-48-25-23-47(24-26-48)22-21-31(30-54-33-13-7-4-8-14-33)46-37-20-19-34(56(45,51)52)27-38(37)55(49,50)40(42,43)44/h4-20,27,31-32,46H,21-26,28-30H2,1-3H3,(H2,45,51,52)/t31-,32+/m1/s1. The highest BCUT2D eigenvalue weighted by Crippen LogP contribution is 2.38. The van der Waals surface area contributed by atoms with Crippen molar-refractivity contribution in [3.05, 3.63) is 109 Å². The summed E-state index contributed by atoms with van der Waals surface area (Å²) in [6, 6.07) is 31.5. The van der Waals surface area contributed by atoms with E-state index in [4.69, 9.17) is 9.56 Å². The molecule has 1 saturated heterocycles. The molecular weight excluding hydrogens is 817 g/mol. The van der Waals surface area contributed by atoms with Crippen molar-refractivity contribution in [2.24, 2.45) is 5.14 Å². The van der Waals surface area contributed by atoms with Gasteiger partial charge in [-0.1, -0.05) is 99.6 Å².